The van der Waals surface area contributed by atoms with Crippen molar-refractivity contribution in [1.82, 2.24) is 4.98 Å². The summed E-state index contributed by atoms with van der Waals surface area (Å²) in [7, 11) is 0. The second kappa shape index (κ2) is 6.67. The van der Waals surface area contributed by atoms with E-state index in [1.807, 2.05) is 12.3 Å². The van der Waals surface area contributed by atoms with Crippen LogP contribution in [0.15, 0.2) is 47.8 Å². The number of anilines is 2. The molecule has 5 nitrogen and oxygen atoms in total. The van der Waals surface area contributed by atoms with Gasteiger partial charge >= 0.3 is 0 Å². The molecule has 0 aliphatic carbocycles. The maximum Gasteiger partial charge on any atom is 0.259 e. The molecule has 0 spiro atoms. The predicted molar refractivity (Wildman–Crippen MR) is 92.1 cm³/mol. The monoisotopic (exact) mass is 343 g/mol. The molecule has 7 heteroatoms. The van der Waals surface area contributed by atoms with Crippen LogP contribution in [0.3, 0.4) is 0 Å². The Labute approximate surface area is 141 Å². The van der Waals surface area contributed by atoms with E-state index in [0.717, 1.165) is 5.69 Å². The fourth-order valence-electron chi connectivity index (χ4n) is 2.04. The molecule has 0 saturated heterocycles. The van der Waals surface area contributed by atoms with Gasteiger partial charge in [-0.05, 0) is 37.3 Å². The number of benzene rings is 2. The third kappa shape index (κ3) is 3.69. The van der Waals surface area contributed by atoms with Crippen molar-refractivity contribution in [1.29, 1.82) is 0 Å². The summed E-state index contributed by atoms with van der Waals surface area (Å²) in [5.41, 5.74) is 7.27. The lowest BCUT2D eigenvalue weighted by atomic mass is 10.1. The number of amides is 1. The van der Waals surface area contributed by atoms with Crippen LogP contribution < -0.4 is 15.8 Å². The first-order chi connectivity index (χ1) is 11.5. The van der Waals surface area contributed by atoms with Crippen molar-refractivity contribution in [2.75, 3.05) is 11.1 Å². The van der Waals surface area contributed by atoms with Crippen molar-refractivity contribution in [3.8, 4) is 11.5 Å². The van der Waals surface area contributed by atoms with Gasteiger partial charge in [0.2, 0.25) is 0 Å². The number of ether oxygens (including phenoxy) is 1. The summed E-state index contributed by atoms with van der Waals surface area (Å²) in [5, 5.41) is 5.02. The lowest BCUT2D eigenvalue weighted by molar-refractivity contribution is 0.102. The van der Waals surface area contributed by atoms with E-state index in [0.29, 0.717) is 22.3 Å². The number of carbonyl (C=O) groups excluding carboxylic acids is 1. The molecule has 1 aromatic heterocycles. The average molecular weight is 343 g/mol. The van der Waals surface area contributed by atoms with E-state index in [-0.39, 0.29) is 11.5 Å². The molecule has 3 N–H and O–H groups in total. The van der Waals surface area contributed by atoms with Crippen molar-refractivity contribution in [2.45, 2.75) is 6.92 Å². The number of rotatable bonds is 4. The molecular weight excluding hydrogens is 329 g/mol. The van der Waals surface area contributed by atoms with Crippen LogP contribution in [0.1, 0.15) is 16.1 Å². The Bertz CT molecular complexity index is 895. The highest BCUT2D eigenvalue weighted by Crippen LogP contribution is 2.26. The van der Waals surface area contributed by atoms with Crippen LogP contribution >= 0.6 is 11.3 Å². The zero-order chi connectivity index (χ0) is 17.1. The Morgan fingerprint density at radius 3 is 2.75 bits per heavy atom. The first kappa shape index (κ1) is 15.9. The fraction of sp³-hybridized carbons (Fsp3) is 0.0588. The molecular formula is C17H14FN3O2S. The van der Waals surface area contributed by atoms with Gasteiger partial charge < -0.3 is 10.5 Å². The number of halogens is 1. The van der Waals surface area contributed by atoms with Crippen molar-refractivity contribution in [3.05, 3.63) is 64.9 Å². The highest BCUT2D eigenvalue weighted by atomic mass is 32.1. The van der Waals surface area contributed by atoms with Crippen LogP contribution in [-0.4, -0.2) is 10.9 Å². The summed E-state index contributed by atoms with van der Waals surface area (Å²) in [6.45, 7) is 1.84. The molecule has 3 rings (SSSR count). The van der Waals surface area contributed by atoms with E-state index in [1.165, 1.54) is 29.5 Å². The van der Waals surface area contributed by atoms with Gasteiger partial charge in [0.05, 0.1) is 11.3 Å². The lowest BCUT2D eigenvalue weighted by Crippen LogP contribution is -2.14. The Morgan fingerprint density at radius 2 is 2.04 bits per heavy atom. The van der Waals surface area contributed by atoms with E-state index >= 15 is 0 Å². The highest BCUT2D eigenvalue weighted by molar-refractivity contribution is 7.13. The molecule has 24 heavy (non-hydrogen) atoms. The molecule has 3 aromatic rings. The van der Waals surface area contributed by atoms with Crippen molar-refractivity contribution in [2.24, 2.45) is 0 Å². The number of hydrogen-bond donors (Lipinski definition) is 2. The molecule has 0 saturated carbocycles. The molecule has 0 atom stereocenters. The summed E-state index contributed by atoms with van der Waals surface area (Å²) in [6.07, 6.45) is 0. The maximum atomic E-state index is 13.2. The first-order valence-corrected chi connectivity index (χ1v) is 7.95. The van der Waals surface area contributed by atoms with Crippen LogP contribution in [0.25, 0.3) is 0 Å². The van der Waals surface area contributed by atoms with E-state index in [4.69, 9.17) is 10.5 Å². The molecule has 0 fully saturated rings. The second-order valence-corrected chi connectivity index (χ2v) is 5.91. The Morgan fingerprint density at radius 1 is 1.25 bits per heavy atom. The Balaban J connectivity index is 1.81. The summed E-state index contributed by atoms with van der Waals surface area (Å²) < 4.78 is 18.8. The average Bonchev–Trinajstić information content (AvgIpc) is 2.94. The first-order valence-electron chi connectivity index (χ1n) is 7.08. The van der Waals surface area contributed by atoms with Crippen molar-refractivity contribution < 1.29 is 13.9 Å². The second-order valence-electron chi connectivity index (χ2n) is 5.06. The predicted octanol–water partition coefficient (Wildman–Crippen LogP) is 4.22. The van der Waals surface area contributed by atoms with Crippen molar-refractivity contribution >= 4 is 28.1 Å². The van der Waals surface area contributed by atoms with Gasteiger partial charge in [-0.2, -0.15) is 0 Å². The minimum Gasteiger partial charge on any atom is -0.457 e. The molecule has 0 unspecified atom stereocenters. The number of nitrogens with one attached hydrogen (secondary N) is 1. The fourth-order valence-corrected chi connectivity index (χ4v) is 2.72. The molecule has 2 aromatic carbocycles. The number of thiazole rings is 1. The summed E-state index contributed by atoms with van der Waals surface area (Å²) in [4.78, 5) is 16.5. The Kier molecular flexibility index (Phi) is 4.43. The lowest BCUT2D eigenvalue weighted by Gasteiger charge is -2.10. The highest BCUT2D eigenvalue weighted by Gasteiger charge is 2.13. The smallest absolute Gasteiger partial charge is 0.259 e. The molecule has 0 aliphatic rings. The third-order valence-electron chi connectivity index (χ3n) is 3.14. The molecule has 0 bridgehead atoms. The summed E-state index contributed by atoms with van der Waals surface area (Å²) in [5.74, 6) is -0.0662. The van der Waals surface area contributed by atoms with Gasteiger partial charge in [0.1, 0.15) is 17.3 Å². The standard InChI is InChI=1S/C17H14FN3O2S/c1-10-9-24-17(20-10)21-16(22)14-8-13(5-6-15(14)19)23-12-4-2-3-11(18)7-12/h2-9H,19H2,1H3,(H,20,21,22). The Hall–Kier alpha value is -2.93. The molecule has 122 valence electrons. The van der Waals surface area contributed by atoms with E-state index in [9.17, 15) is 9.18 Å². The number of carbonyl (C=O) groups is 1. The molecule has 1 heterocycles. The van der Waals surface area contributed by atoms with Gasteiger partial charge in [0.25, 0.3) is 5.91 Å². The number of nitrogens with two attached hydrogens (primary N) is 1. The van der Waals surface area contributed by atoms with Crippen LogP contribution in [0, 0.1) is 12.7 Å². The SMILES string of the molecule is Cc1csc(NC(=O)c2cc(Oc3cccc(F)c3)ccc2N)n1. The largest absolute Gasteiger partial charge is 0.457 e. The summed E-state index contributed by atoms with van der Waals surface area (Å²) >= 11 is 1.33. The zero-order valence-electron chi connectivity index (χ0n) is 12.7. The summed E-state index contributed by atoms with van der Waals surface area (Å²) in [6, 6.07) is 10.4. The number of aromatic nitrogens is 1. The number of nitrogens with zero attached hydrogens (tertiary/aromatic N) is 1. The van der Waals surface area contributed by atoms with Crippen LogP contribution in [0.2, 0.25) is 0 Å². The normalized spacial score (nSPS) is 10.4. The van der Waals surface area contributed by atoms with Gasteiger partial charge in [-0.15, -0.1) is 11.3 Å². The van der Waals surface area contributed by atoms with Gasteiger partial charge in [-0.3, -0.25) is 10.1 Å². The van der Waals surface area contributed by atoms with E-state index in [2.05, 4.69) is 10.3 Å². The van der Waals surface area contributed by atoms with Crippen LogP contribution in [0.5, 0.6) is 11.5 Å². The quantitative estimate of drug-likeness (QED) is 0.696. The van der Waals surface area contributed by atoms with Gasteiger partial charge in [-0.25, -0.2) is 9.37 Å². The van der Waals surface area contributed by atoms with Crippen LogP contribution in [0.4, 0.5) is 15.2 Å². The van der Waals surface area contributed by atoms with Gasteiger partial charge in [-0.1, -0.05) is 6.07 Å². The molecule has 1 amide bonds. The zero-order valence-corrected chi connectivity index (χ0v) is 13.6. The number of aryl methyl sites for hydroxylation is 1. The molecule has 0 aliphatic heterocycles. The van der Waals surface area contributed by atoms with E-state index in [1.54, 1.807) is 24.3 Å². The maximum absolute atomic E-state index is 13.2. The van der Waals surface area contributed by atoms with Crippen LogP contribution in [-0.2, 0) is 0 Å². The van der Waals surface area contributed by atoms with E-state index < -0.39 is 5.82 Å². The molecule has 0 radical (unpaired) electrons. The van der Waals surface area contributed by atoms with Gasteiger partial charge in [0.15, 0.2) is 5.13 Å². The minimum atomic E-state index is -0.403. The third-order valence-corrected chi connectivity index (χ3v) is 4.02. The van der Waals surface area contributed by atoms with Gasteiger partial charge in [0, 0.05) is 17.1 Å². The number of hydrogen-bond acceptors (Lipinski definition) is 5. The topological polar surface area (TPSA) is 77.2 Å². The number of nitrogen functional groups attached to an aromatic ring is 1. The minimum absolute atomic E-state index is 0.261. The van der Waals surface area contributed by atoms with Crippen molar-refractivity contribution in [3.63, 3.8) is 0 Å².